The highest BCUT2D eigenvalue weighted by Crippen LogP contribution is 2.02. The van der Waals surface area contributed by atoms with Gasteiger partial charge in [-0.2, -0.15) is 0 Å². The molecule has 2 atom stereocenters. The van der Waals surface area contributed by atoms with Gasteiger partial charge in [-0.1, -0.05) is 13.8 Å². The van der Waals surface area contributed by atoms with Crippen molar-refractivity contribution in [2.45, 2.75) is 52.4 Å². The van der Waals surface area contributed by atoms with Crippen LogP contribution in [0.2, 0.25) is 0 Å². The lowest BCUT2D eigenvalue weighted by atomic mass is 10.1. The summed E-state index contributed by atoms with van der Waals surface area (Å²) in [5.74, 6) is 0. The van der Waals surface area contributed by atoms with Gasteiger partial charge >= 0.3 is 0 Å². The number of aliphatic hydroxyl groups excluding tert-OH is 2. The van der Waals surface area contributed by atoms with Crippen molar-refractivity contribution in [3.63, 3.8) is 0 Å². The predicted molar refractivity (Wildman–Crippen MR) is 67.6 cm³/mol. The van der Waals surface area contributed by atoms with E-state index in [2.05, 4.69) is 24.1 Å². The van der Waals surface area contributed by atoms with E-state index in [1.807, 2.05) is 20.8 Å². The number of β-amino-alcohol motifs (C(OH)–C–C–N with tert-alkyl or cyclic N) is 1. The van der Waals surface area contributed by atoms with Gasteiger partial charge in [0.05, 0.1) is 12.2 Å². The lowest BCUT2D eigenvalue weighted by molar-refractivity contribution is -0.00239. The highest BCUT2D eigenvalue weighted by molar-refractivity contribution is 4.78. The highest BCUT2D eigenvalue weighted by Gasteiger charge is 2.20. The standard InChI is InChI=1S/C12H28N2O2/c1-6-14(7-2)9-11(16)10(15)8-13-12(3,4)5/h10-11,13,15-16H,6-9H2,1-5H3. The van der Waals surface area contributed by atoms with Crippen LogP contribution in [0, 0.1) is 0 Å². The molecule has 0 aliphatic heterocycles. The molecule has 0 aromatic heterocycles. The van der Waals surface area contributed by atoms with Crippen molar-refractivity contribution in [1.29, 1.82) is 0 Å². The first-order chi connectivity index (χ1) is 7.30. The van der Waals surface area contributed by atoms with Crippen LogP contribution in [0.3, 0.4) is 0 Å². The number of hydrogen-bond acceptors (Lipinski definition) is 4. The van der Waals surface area contributed by atoms with Gasteiger partial charge < -0.3 is 20.4 Å². The summed E-state index contributed by atoms with van der Waals surface area (Å²) in [5, 5.41) is 22.8. The third-order valence-electron chi connectivity index (χ3n) is 2.63. The van der Waals surface area contributed by atoms with E-state index in [-0.39, 0.29) is 5.54 Å². The molecule has 0 aliphatic carbocycles. The number of nitrogens with one attached hydrogen (secondary N) is 1. The van der Waals surface area contributed by atoms with Gasteiger partial charge in [0.1, 0.15) is 0 Å². The number of rotatable bonds is 7. The van der Waals surface area contributed by atoms with Crippen LogP contribution in [-0.2, 0) is 0 Å². The summed E-state index contributed by atoms with van der Waals surface area (Å²) in [7, 11) is 0. The monoisotopic (exact) mass is 232 g/mol. The SMILES string of the molecule is CCN(CC)CC(O)C(O)CNC(C)(C)C. The minimum atomic E-state index is -0.708. The van der Waals surface area contributed by atoms with Gasteiger partial charge in [-0.25, -0.2) is 0 Å². The van der Waals surface area contributed by atoms with Gasteiger partial charge in [-0.3, -0.25) is 0 Å². The molecule has 4 heteroatoms. The molecule has 0 saturated heterocycles. The van der Waals surface area contributed by atoms with Crippen molar-refractivity contribution in [1.82, 2.24) is 10.2 Å². The fourth-order valence-corrected chi connectivity index (χ4v) is 1.41. The molecule has 98 valence electrons. The van der Waals surface area contributed by atoms with E-state index in [9.17, 15) is 10.2 Å². The van der Waals surface area contributed by atoms with Crippen molar-refractivity contribution in [3.8, 4) is 0 Å². The first-order valence-electron chi connectivity index (χ1n) is 6.13. The molecule has 0 aromatic rings. The molecule has 0 bridgehead atoms. The third kappa shape index (κ3) is 7.17. The highest BCUT2D eigenvalue weighted by atomic mass is 16.3. The maximum atomic E-state index is 9.82. The minimum absolute atomic E-state index is 0.0318. The Labute approximate surface area is 99.7 Å². The van der Waals surface area contributed by atoms with Crippen LogP contribution in [0.4, 0.5) is 0 Å². The number of aliphatic hydroxyl groups is 2. The van der Waals surface area contributed by atoms with E-state index < -0.39 is 12.2 Å². The van der Waals surface area contributed by atoms with E-state index in [1.165, 1.54) is 0 Å². The van der Waals surface area contributed by atoms with E-state index in [4.69, 9.17) is 0 Å². The Morgan fingerprint density at radius 2 is 1.56 bits per heavy atom. The Morgan fingerprint density at radius 1 is 1.06 bits per heavy atom. The predicted octanol–water partition coefficient (Wildman–Crippen LogP) is 0.438. The van der Waals surface area contributed by atoms with Crippen molar-refractivity contribution in [3.05, 3.63) is 0 Å². The Kier molecular flexibility index (Phi) is 7.15. The third-order valence-corrected chi connectivity index (χ3v) is 2.63. The zero-order valence-electron chi connectivity index (χ0n) is 11.3. The summed E-state index contributed by atoms with van der Waals surface area (Å²) in [6.45, 7) is 13.0. The molecule has 0 spiro atoms. The summed E-state index contributed by atoms with van der Waals surface area (Å²) in [4.78, 5) is 2.10. The summed E-state index contributed by atoms with van der Waals surface area (Å²) in [6.07, 6.45) is -1.39. The second-order valence-corrected chi connectivity index (χ2v) is 5.25. The Morgan fingerprint density at radius 3 is 1.94 bits per heavy atom. The van der Waals surface area contributed by atoms with Crippen molar-refractivity contribution in [2.24, 2.45) is 0 Å². The molecular formula is C12H28N2O2. The lowest BCUT2D eigenvalue weighted by Crippen LogP contribution is -2.47. The normalized spacial score (nSPS) is 16.5. The average molecular weight is 232 g/mol. The van der Waals surface area contributed by atoms with Crippen molar-refractivity contribution in [2.75, 3.05) is 26.2 Å². The van der Waals surface area contributed by atoms with E-state index >= 15 is 0 Å². The van der Waals surface area contributed by atoms with E-state index in [1.54, 1.807) is 0 Å². The lowest BCUT2D eigenvalue weighted by Gasteiger charge is -2.28. The van der Waals surface area contributed by atoms with Crippen molar-refractivity contribution < 1.29 is 10.2 Å². The van der Waals surface area contributed by atoms with E-state index in [0.717, 1.165) is 13.1 Å². The van der Waals surface area contributed by atoms with Gasteiger partial charge in [0, 0.05) is 18.6 Å². The summed E-state index contributed by atoms with van der Waals surface area (Å²) < 4.78 is 0. The first kappa shape index (κ1) is 15.8. The minimum Gasteiger partial charge on any atom is -0.389 e. The summed E-state index contributed by atoms with van der Waals surface area (Å²) in [5.41, 5.74) is -0.0318. The van der Waals surface area contributed by atoms with Crippen molar-refractivity contribution >= 4 is 0 Å². The molecule has 0 saturated carbocycles. The molecule has 0 rings (SSSR count). The molecule has 4 nitrogen and oxygen atoms in total. The quantitative estimate of drug-likeness (QED) is 0.596. The molecule has 0 radical (unpaired) electrons. The first-order valence-corrected chi connectivity index (χ1v) is 6.13. The number of nitrogens with zero attached hydrogens (tertiary/aromatic N) is 1. The fourth-order valence-electron chi connectivity index (χ4n) is 1.41. The van der Waals surface area contributed by atoms with Gasteiger partial charge in [0.15, 0.2) is 0 Å². The van der Waals surface area contributed by atoms with Crippen LogP contribution < -0.4 is 5.32 Å². The molecule has 3 N–H and O–H groups in total. The molecule has 0 amide bonds. The Balaban J connectivity index is 3.93. The second-order valence-electron chi connectivity index (χ2n) is 5.25. The maximum Gasteiger partial charge on any atom is 0.0938 e. The molecule has 0 aliphatic rings. The van der Waals surface area contributed by atoms with Gasteiger partial charge in [-0.05, 0) is 33.9 Å². The van der Waals surface area contributed by atoms with Crippen LogP contribution in [0.1, 0.15) is 34.6 Å². The van der Waals surface area contributed by atoms with Crippen LogP contribution in [-0.4, -0.2) is 59.0 Å². The maximum absolute atomic E-state index is 9.82. The molecule has 0 fully saturated rings. The molecule has 16 heavy (non-hydrogen) atoms. The molecule has 2 unspecified atom stereocenters. The topological polar surface area (TPSA) is 55.7 Å². The fraction of sp³-hybridized carbons (Fsp3) is 1.00. The Hall–Kier alpha value is -0.160. The van der Waals surface area contributed by atoms with Crippen LogP contribution >= 0.6 is 0 Å². The van der Waals surface area contributed by atoms with Crippen LogP contribution in [0.25, 0.3) is 0 Å². The summed E-state index contributed by atoms with van der Waals surface area (Å²) in [6, 6.07) is 0. The van der Waals surface area contributed by atoms with Gasteiger partial charge in [-0.15, -0.1) is 0 Å². The summed E-state index contributed by atoms with van der Waals surface area (Å²) >= 11 is 0. The zero-order chi connectivity index (χ0) is 12.8. The largest absolute Gasteiger partial charge is 0.389 e. The Bertz CT molecular complexity index is 176. The number of likely N-dealkylation sites (N-methyl/N-ethyl adjacent to an activating group) is 1. The van der Waals surface area contributed by atoms with Crippen LogP contribution in [0.5, 0.6) is 0 Å². The van der Waals surface area contributed by atoms with E-state index in [0.29, 0.717) is 13.1 Å². The second kappa shape index (κ2) is 7.22. The number of hydrogen-bond donors (Lipinski definition) is 3. The van der Waals surface area contributed by atoms with Crippen LogP contribution in [0.15, 0.2) is 0 Å². The average Bonchev–Trinajstić information content (AvgIpc) is 2.20. The zero-order valence-corrected chi connectivity index (χ0v) is 11.3. The molecule has 0 aromatic carbocycles. The van der Waals surface area contributed by atoms with Gasteiger partial charge in [0.25, 0.3) is 0 Å². The molecular weight excluding hydrogens is 204 g/mol. The molecule has 0 heterocycles. The van der Waals surface area contributed by atoms with Gasteiger partial charge in [0.2, 0.25) is 0 Å². The smallest absolute Gasteiger partial charge is 0.0938 e.